The maximum absolute atomic E-state index is 6.29. The third-order valence-electron chi connectivity index (χ3n) is 7.28. The molecule has 0 radical (unpaired) electrons. The van der Waals surface area contributed by atoms with Gasteiger partial charge in [0.25, 0.3) is 0 Å². The van der Waals surface area contributed by atoms with E-state index in [0.717, 1.165) is 70.8 Å². The molecule has 0 amide bonds. The summed E-state index contributed by atoms with van der Waals surface area (Å²) in [5.41, 5.74) is 13.1. The number of fused-ring (bicyclic) bond motifs is 2. The molecule has 0 atom stereocenters. The van der Waals surface area contributed by atoms with Crippen molar-refractivity contribution in [3.63, 3.8) is 0 Å². The Morgan fingerprint density at radius 3 is 2.63 bits per heavy atom. The van der Waals surface area contributed by atoms with Crippen molar-refractivity contribution in [3.05, 3.63) is 84.7 Å². The van der Waals surface area contributed by atoms with Crippen LogP contribution in [0.1, 0.15) is 17.5 Å². The first kappa shape index (κ1) is 22.4. The molecular weight excluding hydrogens is 474 g/mol. The fourth-order valence-corrected chi connectivity index (χ4v) is 5.09. The normalized spacial score (nSPS) is 13.3. The number of pyridine rings is 2. The number of nitrogen functional groups attached to an aromatic ring is 1. The average Bonchev–Trinajstić information content (AvgIpc) is 3.51. The van der Waals surface area contributed by atoms with E-state index in [-0.39, 0.29) is 0 Å². The average molecular weight is 502 g/mol. The second-order valence-corrected chi connectivity index (χ2v) is 9.83. The highest BCUT2D eigenvalue weighted by Gasteiger charge is 2.18. The Bertz CT molecular complexity index is 1800. The van der Waals surface area contributed by atoms with Gasteiger partial charge in [-0.05, 0) is 60.7 Å². The summed E-state index contributed by atoms with van der Waals surface area (Å²) in [5, 5.41) is 6.54. The Morgan fingerprint density at radius 2 is 1.82 bits per heavy atom. The highest BCUT2D eigenvalue weighted by Crippen LogP contribution is 2.33. The van der Waals surface area contributed by atoms with E-state index in [1.807, 2.05) is 42.5 Å². The first-order valence-corrected chi connectivity index (χ1v) is 12.8. The van der Waals surface area contributed by atoms with E-state index in [0.29, 0.717) is 5.82 Å². The van der Waals surface area contributed by atoms with Crippen molar-refractivity contribution in [2.24, 2.45) is 7.05 Å². The molecule has 1 aliphatic heterocycles. The standard InChI is InChI=1S/C29H27N9/c1-36-12-9-24(35-36)23-17-38(29-27(23)28(30)32-18-33-29)22-13-20(15-31-16-22)4-3-19-5-6-21-7-8-26(34-25(21)14-19)37-10-2-11-37/h5-9,12-18H,2-4,10-11H2,1H3,(H2,30,32,33). The van der Waals surface area contributed by atoms with Crippen LogP contribution in [0.25, 0.3) is 38.9 Å². The fourth-order valence-electron chi connectivity index (χ4n) is 5.09. The molecule has 0 saturated carbocycles. The van der Waals surface area contributed by atoms with Gasteiger partial charge in [0.2, 0.25) is 0 Å². The van der Waals surface area contributed by atoms with Crippen molar-refractivity contribution in [1.82, 2.24) is 34.3 Å². The Labute approximate surface area is 219 Å². The number of anilines is 2. The zero-order chi connectivity index (χ0) is 25.6. The van der Waals surface area contributed by atoms with Crippen LogP contribution in [0, 0.1) is 0 Å². The van der Waals surface area contributed by atoms with E-state index >= 15 is 0 Å². The Morgan fingerprint density at radius 1 is 0.947 bits per heavy atom. The lowest BCUT2D eigenvalue weighted by atomic mass is 10.0. The number of benzene rings is 1. The van der Waals surface area contributed by atoms with Crippen LogP contribution in [0.3, 0.4) is 0 Å². The molecule has 0 bridgehead atoms. The first-order chi connectivity index (χ1) is 18.6. The lowest BCUT2D eigenvalue weighted by Crippen LogP contribution is -2.37. The van der Waals surface area contributed by atoms with Crippen LogP contribution in [-0.4, -0.2) is 47.4 Å². The van der Waals surface area contributed by atoms with Crippen LogP contribution in [-0.2, 0) is 19.9 Å². The third-order valence-corrected chi connectivity index (χ3v) is 7.28. The maximum atomic E-state index is 6.29. The zero-order valence-corrected chi connectivity index (χ0v) is 21.1. The Hall–Kier alpha value is -4.79. The molecule has 0 spiro atoms. The molecule has 0 unspecified atom stereocenters. The summed E-state index contributed by atoms with van der Waals surface area (Å²) in [7, 11) is 1.90. The van der Waals surface area contributed by atoms with Crippen molar-refractivity contribution in [2.75, 3.05) is 23.7 Å². The van der Waals surface area contributed by atoms with Crippen LogP contribution in [0.5, 0.6) is 0 Å². The van der Waals surface area contributed by atoms with E-state index in [9.17, 15) is 0 Å². The summed E-state index contributed by atoms with van der Waals surface area (Å²) in [6.45, 7) is 2.19. The topological polar surface area (TPSA) is 104 Å². The Balaban J connectivity index is 1.18. The van der Waals surface area contributed by atoms with E-state index in [1.165, 1.54) is 23.7 Å². The van der Waals surface area contributed by atoms with Crippen LogP contribution in [0.2, 0.25) is 0 Å². The van der Waals surface area contributed by atoms with Crippen molar-refractivity contribution in [1.29, 1.82) is 0 Å². The predicted octanol–water partition coefficient (Wildman–Crippen LogP) is 4.34. The van der Waals surface area contributed by atoms with E-state index in [1.54, 1.807) is 4.68 Å². The van der Waals surface area contributed by atoms with Crippen LogP contribution >= 0.6 is 0 Å². The van der Waals surface area contributed by atoms with Gasteiger partial charge in [-0.25, -0.2) is 15.0 Å². The molecular formula is C29H27N9. The van der Waals surface area contributed by atoms with Gasteiger partial charge >= 0.3 is 0 Å². The number of rotatable bonds is 6. The van der Waals surface area contributed by atoms with Gasteiger partial charge in [0.05, 0.1) is 28.5 Å². The minimum Gasteiger partial charge on any atom is -0.383 e. The molecule has 1 fully saturated rings. The summed E-state index contributed by atoms with van der Waals surface area (Å²) < 4.78 is 3.79. The number of aryl methyl sites for hydroxylation is 3. The molecule has 38 heavy (non-hydrogen) atoms. The summed E-state index contributed by atoms with van der Waals surface area (Å²) in [5.74, 6) is 1.51. The molecule has 2 N–H and O–H groups in total. The van der Waals surface area contributed by atoms with Gasteiger partial charge in [0.15, 0.2) is 5.65 Å². The Kier molecular flexibility index (Phi) is 5.28. The molecule has 1 saturated heterocycles. The van der Waals surface area contributed by atoms with Crippen molar-refractivity contribution < 1.29 is 0 Å². The van der Waals surface area contributed by atoms with Gasteiger partial charge in [-0.15, -0.1) is 0 Å². The van der Waals surface area contributed by atoms with E-state index < -0.39 is 0 Å². The number of nitrogens with zero attached hydrogens (tertiary/aromatic N) is 8. The van der Waals surface area contributed by atoms with Crippen molar-refractivity contribution in [3.8, 4) is 16.9 Å². The highest BCUT2D eigenvalue weighted by atomic mass is 15.2. The largest absolute Gasteiger partial charge is 0.383 e. The van der Waals surface area contributed by atoms with Gasteiger partial charge < -0.3 is 10.6 Å². The summed E-state index contributed by atoms with van der Waals surface area (Å²) in [4.78, 5) is 20.6. The maximum Gasteiger partial charge on any atom is 0.150 e. The molecule has 188 valence electrons. The predicted molar refractivity (Wildman–Crippen MR) is 149 cm³/mol. The molecule has 1 aromatic carbocycles. The zero-order valence-electron chi connectivity index (χ0n) is 21.1. The van der Waals surface area contributed by atoms with E-state index in [4.69, 9.17) is 10.7 Å². The molecule has 9 heteroatoms. The summed E-state index contributed by atoms with van der Waals surface area (Å²) in [6, 6.07) is 15.0. The quantitative estimate of drug-likeness (QED) is 0.362. The lowest BCUT2D eigenvalue weighted by molar-refractivity contribution is 0.611. The second kappa shape index (κ2) is 8.95. The number of hydrogen-bond donors (Lipinski definition) is 1. The highest BCUT2D eigenvalue weighted by molar-refractivity contribution is 6.00. The lowest BCUT2D eigenvalue weighted by Gasteiger charge is -2.32. The van der Waals surface area contributed by atoms with Crippen molar-refractivity contribution in [2.45, 2.75) is 19.3 Å². The molecule has 6 heterocycles. The van der Waals surface area contributed by atoms with Gasteiger partial charge in [-0.2, -0.15) is 5.10 Å². The molecule has 9 nitrogen and oxygen atoms in total. The monoisotopic (exact) mass is 501 g/mol. The van der Waals surface area contributed by atoms with Gasteiger partial charge in [0.1, 0.15) is 18.0 Å². The summed E-state index contributed by atoms with van der Waals surface area (Å²) >= 11 is 0. The van der Waals surface area contributed by atoms with Crippen molar-refractivity contribution >= 4 is 33.6 Å². The minimum absolute atomic E-state index is 0.431. The molecule has 7 rings (SSSR count). The number of aromatic nitrogens is 7. The molecule has 1 aliphatic rings. The number of nitrogens with two attached hydrogens (primary N) is 1. The third kappa shape index (κ3) is 3.92. The molecule has 6 aromatic rings. The van der Waals surface area contributed by atoms with Crippen LogP contribution < -0.4 is 10.6 Å². The smallest absolute Gasteiger partial charge is 0.150 e. The van der Waals surface area contributed by atoms with Gasteiger partial charge in [0, 0.05) is 49.7 Å². The van der Waals surface area contributed by atoms with Crippen LogP contribution in [0.15, 0.2) is 73.6 Å². The first-order valence-electron chi connectivity index (χ1n) is 12.8. The SMILES string of the molecule is Cn1ccc(-c2cn(-c3cncc(CCc4ccc5ccc(N6CCC6)nc5c4)c3)c3ncnc(N)c23)n1. The minimum atomic E-state index is 0.431. The number of hydrogen-bond acceptors (Lipinski definition) is 7. The van der Waals surface area contributed by atoms with Crippen LogP contribution in [0.4, 0.5) is 11.6 Å². The van der Waals surface area contributed by atoms with E-state index in [2.05, 4.69) is 61.3 Å². The van der Waals surface area contributed by atoms with Gasteiger partial charge in [-0.3, -0.25) is 14.2 Å². The molecule has 0 aliphatic carbocycles. The van der Waals surface area contributed by atoms with Gasteiger partial charge in [-0.1, -0.05) is 12.1 Å². The fraction of sp³-hybridized carbons (Fsp3) is 0.207. The second-order valence-electron chi connectivity index (χ2n) is 9.83. The summed E-state index contributed by atoms with van der Waals surface area (Å²) in [6.07, 6.45) is 12.2. The molecule has 5 aromatic heterocycles.